The monoisotopic (exact) mass is 817 g/mol. The van der Waals surface area contributed by atoms with Crippen LogP contribution < -0.4 is 5.32 Å². The van der Waals surface area contributed by atoms with Gasteiger partial charge in [0.05, 0.1) is 26.6 Å². The fourth-order valence-electron chi connectivity index (χ4n) is 8.21. The minimum atomic E-state index is -0.892. The van der Waals surface area contributed by atoms with Crippen LogP contribution in [-0.2, 0) is 55.8 Å². The van der Waals surface area contributed by atoms with E-state index in [1.807, 2.05) is 19.9 Å². The maximum absolute atomic E-state index is 13.5. The number of hydrogen-bond acceptors (Lipinski definition) is 12. The van der Waals surface area contributed by atoms with Crippen LogP contribution in [0.5, 0.6) is 0 Å². The first-order valence-corrected chi connectivity index (χ1v) is 20.3. The van der Waals surface area contributed by atoms with Crippen LogP contribution in [0.2, 0.25) is 0 Å². The summed E-state index contributed by atoms with van der Waals surface area (Å²) in [4.78, 5) is 106. The van der Waals surface area contributed by atoms with Crippen molar-refractivity contribution in [3.8, 4) is 11.1 Å². The molecular formula is C44H55N3O12. The fraction of sp³-hybridized carbons (Fsp3) is 0.545. The van der Waals surface area contributed by atoms with Gasteiger partial charge in [0.2, 0.25) is 17.6 Å². The summed E-state index contributed by atoms with van der Waals surface area (Å²) in [5.41, 5.74) is 4.44. The number of benzene rings is 2. The highest BCUT2D eigenvalue weighted by atomic mass is 16.5. The Balaban J connectivity index is 1.18. The quantitative estimate of drug-likeness (QED) is 0.142. The maximum Gasteiger partial charge on any atom is 0.407 e. The molecule has 15 heteroatoms. The van der Waals surface area contributed by atoms with Gasteiger partial charge in [0.1, 0.15) is 18.1 Å². The number of Topliss-reactive ketones (excluding diaryl/α,β-unsaturated/α-hetero) is 2. The highest BCUT2D eigenvalue weighted by Gasteiger charge is 2.41. The van der Waals surface area contributed by atoms with Crippen LogP contribution in [0.1, 0.15) is 98.1 Å². The van der Waals surface area contributed by atoms with E-state index in [0.717, 1.165) is 35.1 Å². The zero-order valence-corrected chi connectivity index (χ0v) is 34.7. The van der Waals surface area contributed by atoms with E-state index in [1.165, 1.54) is 24.0 Å². The Labute approximate surface area is 344 Å². The van der Waals surface area contributed by atoms with Crippen molar-refractivity contribution in [2.24, 2.45) is 17.8 Å². The molecule has 1 N–H and O–H groups in total. The van der Waals surface area contributed by atoms with Crippen molar-refractivity contribution in [1.82, 2.24) is 15.1 Å². The number of carbonyl (C=O) groups is 8. The molecule has 2 saturated heterocycles. The Morgan fingerprint density at radius 1 is 0.678 bits per heavy atom. The Morgan fingerprint density at radius 3 is 1.81 bits per heavy atom. The van der Waals surface area contributed by atoms with Gasteiger partial charge in [-0.3, -0.25) is 24.0 Å². The van der Waals surface area contributed by atoms with E-state index in [2.05, 4.69) is 10.1 Å². The molecule has 0 radical (unpaired) electrons. The van der Waals surface area contributed by atoms with Gasteiger partial charge in [0.25, 0.3) is 0 Å². The van der Waals surface area contributed by atoms with E-state index in [0.29, 0.717) is 56.3 Å². The second-order valence-corrected chi connectivity index (χ2v) is 16.0. The topological polar surface area (TPSA) is 192 Å². The molecule has 4 atom stereocenters. The van der Waals surface area contributed by atoms with Gasteiger partial charge in [-0.2, -0.15) is 0 Å². The van der Waals surface area contributed by atoms with Crippen LogP contribution in [-0.4, -0.2) is 116 Å². The van der Waals surface area contributed by atoms with Crippen molar-refractivity contribution in [1.29, 1.82) is 0 Å². The molecular weight excluding hydrogens is 762 g/mol. The van der Waals surface area contributed by atoms with Gasteiger partial charge >= 0.3 is 24.0 Å². The number of nitrogens with one attached hydrogen (secondary N) is 1. The minimum Gasteiger partial charge on any atom is -0.469 e. The normalized spacial score (nSPS) is 18.2. The second-order valence-electron chi connectivity index (χ2n) is 16.0. The molecule has 0 saturated carbocycles. The fourth-order valence-corrected chi connectivity index (χ4v) is 8.21. The molecule has 59 heavy (non-hydrogen) atoms. The van der Waals surface area contributed by atoms with Crippen molar-refractivity contribution in [2.75, 3.05) is 40.5 Å². The van der Waals surface area contributed by atoms with Gasteiger partial charge in [-0.15, -0.1) is 0 Å². The maximum atomic E-state index is 13.5. The number of nitrogens with zero attached hydrogens (tertiary/aromatic N) is 2. The lowest BCUT2D eigenvalue weighted by Crippen LogP contribution is -2.54. The zero-order chi connectivity index (χ0) is 43.0. The summed E-state index contributed by atoms with van der Waals surface area (Å²) in [7, 11) is 2.47. The summed E-state index contributed by atoms with van der Waals surface area (Å²) in [5.74, 6) is -4.39. The van der Waals surface area contributed by atoms with Gasteiger partial charge in [0, 0.05) is 24.2 Å². The largest absolute Gasteiger partial charge is 0.469 e. The Morgan fingerprint density at radius 2 is 1.25 bits per heavy atom. The highest BCUT2D eigenvalue weighted by molar-refractivity contribution is 6.01. The van der Waals surface area contributed by atoms with Crippen LogP contribution in [0.15, 0.2) is 36.4 Å². The molecule has 318 valence electrons. The molecule has 3 amide bonds. The number of ketones is 2. The minimum absolute atomic E-state index is 0.0876. The molecule has 0 spiro atoms. The number of methoxy groups -OCH3 is 2. The first-order chi connectivity index (χ1) is 28.2. The summed E-state index contributed by atoms with van der Waals surface area (Å²) in [6.07, 6.45) is 3.35. The summed E-state index contributed by atoms with van der Waals surface area (Å²) in [6, 6.07) is 7.87. The Kier molecular flexibility index (Phi) is 15.0. The standard InChI is InChI=1S/C44H55N3O12/c1-25(2)33(22-38(50)56-5)40(51)46-20-8-12-34(46)42(53)59-24-37(49)32-19-18-29(30-10-7-11-31(30)32)27-14-16-28(17-15-27)36(48)23-58-43(54)35-13-9-21-47(35)41(52)39(26(3)4)45-44(55)57-6/h14-19,25-26,33-35,39H,7-13,20-24H2,1-6H3,(H,45,55)/t33-,34-,35-,39-/m0/s1. The number of likely N-dealkylation sites (tertiary alicyclic amines) is 2. The molecule has 2 fully saturated rings. The molecule has 3 aliphatic rings. The number of carbonyl (C=O) groups excluding carboxylic acids is 8. The average molecular weight is 818 g/mol. The zero-order valence-electron chi connectivity index (χ0n) is 34.7. The summed E-state index contributed by atoms with van der Waals surface area (Å²) in [5, 5.41) is 2.53. The van der Waals surface area contributed by atoms with Gasteiger partial charge in [-0.25, -0.2) is 14.4 Å². The second kappa shape index (κ2) is 19.9. The SMILES string of the molecule is COC(=O)C[C@H](C(=O)N1CCC[C@H]1C(=O)OCC(=O)c1ccc(-c2ccc(C(=O)COC(=O)[C@@H]3CCCN3C(=O)[C@@H](NC(=O)OC)C(C)C)cc2)c2c1CCC2)C(C)C. The lowest BCUT2D eigenvalue weighted by Gasteiger charge is -2.29. The van der Waals surface area contributed by atoms with Crippen LogP contribution in [0.4, 0.5) is 4.79 Å². The first-order valence-electron chi connectivity index (χ1n) is 20.3. The average Bonchev–Trinajstić information content (AvgIpc) is 4.04. The third kappa shape index (κ3) is 10.4. The number of ether oxygens (including phenoxy) is 4. The third-order valence-corrected chi connectivity index (χ3v) is 11.5. The molecule has 1 aliphatic carbocycles. The van der Waals surface area contributed by atoms with Crippen LogP contribution >= 0.6 is 0 Å². The van der Waals surface area contributed by atoms with Crippen molar-refractivity contribution < 1.29 is 57.3 Å². The summed E-state index contributed by atoms with van der Waals surface area (Å²) in [6.45, 7) is 6.92. The number of alkyl carbamates (subject to hydrolysis) is 1. The summed E-state index contributed by atoms with van der Waals surface area (Å²) < 4.78 is 20.3. The number of hydrogen-bond donors (Lipinski definition) is 1. The van der Waals surface area contributed by atoms with Crippen molar-refractivity contribution >= 4 is 47.4 Å². The molecule has 2 heterocycles. The number of esters is 3. The molecule has 0 bridgehead atoms. The molecule has 2 aromatic carbocycles. The lowest BCUT2D eigenvalue weighted by atomic mass is 9.91. The smallest absolute Gasteiger partial charge is 0.407 e. The van der Waals surface area contributed by atoms with E-state index in [9.17, 15) is 38.4 Å². The van der Waals surface area contributed by atoms with Crippen LogP contribution in [0.3, 0.4) is 0 Å². The number of fused-ring (bicyclic) bond motifs is 1. The number of rotatable bonds is 16. The Bertz CT molecular complexity index is 1940. The number of amides is 3. The van der Waals surface area contributed by atoms with Crippen molar-refractivity contribution in [3.63, 3.8) is 0 Å². The predicted molar refractivity (Wildman–Crippen MR) is 213 cm³/mol. The van der Waals surface area contributed by atoms with E-state index in [4.69, 9.17) is 14.2 Å². The lowest BCUT2D eigenvalue weighted by molar-refractivity contribution is -0.155. The van der Waals surface area contributed by atoms with Crippen LogP contribution in [0, 0.1) is 17.8 Å². The van der Waals surface area contributed by atoms with E-state index in [-0.39, 0.29) is 29.9 Å². The van der Waals surface area contributed by atoms with Gasteiger partial charge in [0.15, 0.2) is 19.0 Å². The first kappa shape index (κ1) is 44.5. The van der Waals surface area contributed by atoms with Gasteiger partial charge in [-0.05, 0) is 79.0 Å². The van der Waals surface area contributed by atoms with Crippen molar-refractivity contribution in [2.45, 2.75) is 97.2 Å². The third-order valence-electron chi connectivity index (χ3n) is 11.5. The molecule has 0 unspecified atom stereocenters. The highest BCUT2D eigenvalue weighted by Crippen LogP contribution is 2.35. The van der Waals surface area contributed by atoms with E-state index < -0.39 is 72.9 Å². The molecule has 2 aliphatic heterocycles. The van der Waals surface area contributed by atoms with Crippen molar-refractivity contribution in [3.05, 3.63) is 58.7 Å². The molecule has 2 aromatic rings. The molecule has 15 nitrogen and oxygen atoms in total. The van der Waals surface area contributed by atoms with E-state index >= 15 is 0 Å². The van der Waals surface area contributed by atoms with Gasteiger partial charge < -0.3 is 34.1 Å². The Hall–Kier alpha value is -5.60. The van der Waals surface area contributed by atoms with E-state index in [1.54, 1.807) is 44.2 Å². The molecule has 5 rings (SSSR count). The summed E-state index contributed by atoms with van der Waals surface area (Å²) >= 11 is 0. The van der Waals surface area contributed by atoms with Gasteiger partial charge in [-0.1, -0.05) is 64.1 Å². The molecule has 0 aromatic heterocycles. The van der Waals surface area contributed by atoms with Crippen LogP contribution in [0.25, 0.3) is 11.1 Å². The predicted octanol–water partition coefficient (Wildman–Crippen LogP) is 4.49.